The molecule has 0 bridgehead atoms. The molecule has 0 spiro atoms. The van der Waals surface area contributed by atoms with Gasteiger partial charge in [0.15, 0.2) is 5.82 Å². The number of anilines is 2. The van der Waals surface area contributed by atoms with Crippen LogP contribution >= 0.6 is 0 Å². The Balaban J connectivity index is 0.896. The van der Waals surface area contributed by atoms with Gasteiger partial charge in [-0.25, -0.2) is 9.97 Å². The fourth-order valence-corrected chi connectivity index (χ4v) is 8.50. The van der Waals surface area contributed by atoms with Crippen molar-refractivity contribution in [2.75, 3.05) is 36.9 Å². The number of nitrogens with two attached hydrogens (primary N) is 1. The molecule has 2 aromatic heterocycles. The summed E-state index contributed by atoms with van der Waals surface area (Å²) < 4.78 is 6.29. The zero-order valence-electron chi connectivity index (χ0n) is 28.1. The SMILES string of the molecule is Nc1nnc(-c2ccccc2O)cc1-c1cc(C2CCN(C3CCC(c4cccc5c4OCCN5[C@H]4CCC(O)NC4=O)CC3)CC2)ncn1. The molecule has 4 aliphatic rings. The number of carbonyl (C=O) groups is 1. The fourth-order valence-electron chi connectivity index (χ4n) is 8.50. The quantitative estimate of drug-likeness (QED) is 0.226. The highest BCUT2D eigenvalue weighted by Crippen LogP contribution is 2.45. The first-order valence-electron chi connectivity index (χ1n) is 17.9. The molecule has 0 radical (unpaired) electrons. The number of nitrogens with zero attached hydrogens (tertiary/aromatic N) is 6. The molecule has 2 saturated heterocycles. The largest absolute Gasteiger partial charge is 0.507 e. The Hall–Kier alpha value is -4.81. The highest BCUT2D eigenvalue weighted by molar-refractivity contribution is 5.87. The molecule has 3 aliphatic heterocycles. The highest BCUT2D eigenvalue weighted by atomic mass is 16.5. The summed E-state index contributed by atoms with van der Waals surface area (Å²) in [5, 5.41) is 31.3. The lowest BCUT2D eigenvalue weighted by Gasteiger charge is -2.42. The average Bonchev–Trinajstić information content (AvgIpc) is 3.15. The Kier molecular flexibility index (Phi) is 8.96. The van der Waals surface area contributed by atoms with Gasteiger partial charge in [-0.05, 0) is 106 Å². The van der Waals surface area contributed by atoms with Gasteiger partial charge in [0.25, 0.3) is 0 Å². The van der Waals surface area contributed by atoms with Crippen LogP contribution in [-0.2, 0) is 4.79 Å². The summed E-state index contributed by atoms with van der Waals surface area (Å²) >= 11 is 0. The number of aromatic hydroxyl groups is 1. The van der Waals surface area contributed by atoms with Gasteiger partial charge in [-0.1, -0.05) is 24.3 Å². The van der Waals surface area contributed by atoms with E-state index in [-0.39, 0.29) is 23.5 Å². The zero-order chi connectivity index (χ0) is 34.2. The lowest BCUT2D eigenvalue weighted by Crippen LogP contribution is -2.55. The second kappa shape index (κ2) is 13.8. The number of nitrogen functional groups attached to an aromatic ring is 1. The minimum atomic E-state index is -0.756. The summed E-state index contributed by atoms with van der Waals surface area (Å²) in [5.74, 6) is 2.02. The Morgan fingerprint density at radius 3 is 2.44 bits per heavy atom. The summed E-state index contributed by atoms with van der Waals surface area (Å²) in [4.78, 5) is 26.8. The predicted octanol–water partition coefficient (Wildman–Crippen LogP) is 4.59. The van der Waals surface area contributed by atoms with Crippen LogP contribution in [0.4, 0.5) is 11.5 Å². The van der Waals surface area contributed by atoms with E-state index >= 15 is 0 Å². The molecule has 50 heavy (non-hydrogen) atoms. The molecule has 5 N–H and O–H groups in total. The van der Waals surface area contributed by atoms with Gasteiger partial charge in [0.1, 0.15) is 36.7 Å². The number of piperidine rings is 2. The number of nitrogens with one attached hydrogen (secondary N) is 1. The maximum absolute atomic E-state index is 12.8. The summed E-state index contributed by atoms with van der Waals surface area (Å²) in [6, 6.07) is 17.6. The van der Waals surface area contributed by atoms with Crippen molar-refractivity contribution in [2.24, 2.45) is 0 Å². The fraction of sp³-hybridized carbons (Fsp3) is 0.447. The number of fused-ring (bicyclic) bond motifs is 1. The number of aliphatic hydroxyl groups excluding tert-OH is 1. The third-order valence-corrected chi connectivity index (χ3v) is 11.2. The summed E-state index contributed by atoms with van der Waals surface area (Å²) in [6.45, 7) is 3.29. The molecule has 1 amide bonds. The number of rotatable bonds is 6. The molecule has 3 fully saturated rings. The average molecular weight is 677 g/mol. The van der Waals surface area contributed by atoms with E-state index in [1.165, 1.54) is 5.56 Å². The van der Waals surface area contributed by atoms with E-state index < -0.39 is 6.23 Å². The number of hydrogen-bond acceptors (Lipinski definition) is 11. The van der Waals surface area contributed by atoms with E-state index in [9.17, 15) is 15.0 Å². The summed E-state index contributed by atoms with van der Waals surface area (Å²) in [6.07, 6.45) is 8.64. The van der Waals surface area contributed by atoms with Gasteiger partial charge >= 0.3 is 0 Å². The molecule has 5 heterocycles. The number of amides is 1. The van der Waals surface area contributed by atoms with E-state index in [1.807, 2.05) is 18.2 Å². The number of benzene rings is 2. The molecule has 1 unspecified atom stereocenters. The first kappa shape index (κ1) is 32.4. The van der Waals surface area contributed by atoms with Crippen LogP contribution in [0.1, 0.15) is 74.5 Å². The van der Waals surface area contributed by atoms with Crippen molar-refractivity contribution >= 4 is 17.4 Å². The van der Waals surface area contributed by atoms with Crippen molar-refractivity contribution in [3.63, 3.8) is 0 Å². The van der Waals surface area contributed by atoms with E-state index in [0.29, 0.717) is 66.4 Å². The number of hydrogen-bond donors (Lipinski definition) is 4. The molecule has 8 rings (SSSR count). The van der Waals surface area contributed by atoms with Crippen molar-refractivity contribution in [1.29, 1.82) is 0 Å². The summed E-state index contributed by atoms with van der Waals surface area (Å²) in [7, 11) is 0. The molecule has 4 aromatic rings. The predicted molar refractivity (Wildman–Crippen MR) is 190 cm³/mol. The van der Waals surface area contributed by atoms with Gasteiger partial charge in [-0.3, -0.25) is 4.79 Å². The van der Waals surface area contributed by atoms with Crippen molar-refractivity contribution in [1.82, 2.24) is 30.4 Å². The maximum Gasteiger partial charge on any atom is 0.244 e. The Morgan fingerprint density at radius 2 is 1.64 bits per heavy atom. The van der Waals surface area contributed by atoms with Crippen LogP contribution in [0.5, 0.6) is 11.5 Å². The second-order valence-electron chi connectivity index (χ2n) is 14.0. The van der Waals surface area contributed by atoms with E-state index in [1.54, 1.807) is 24.5 Å². The number of ether oxygens (including phenoxy) is 1. The molecule has 1 saturated carbocycles. The lowest BCUT2D eigenvalue weighted by molar-refractivity contribution is -0.128. The van der Waals surface area contributed by atoms with Gasteiger partial charge < -0.3 is 35.8 Å². The van der Waals surface area contributed by atoms with Crippen molar-refractivity contribution in [2.45, 2.75) is 81.5 Å². The Labute approximate surface area is 291 Å². The molecular weight excluding hydrogens is 632 g/mol. The Bertz CT molecular complexity index is 1860. The van der Waals surface area contributed by atoms with Gasteiger partial charge in [-0.15, -0.1) is 10.2 Å². The number of aromatic nitrogens is 4. The molecule has 2 aromatic carbocycles. The number of phenols is 1. The van der Waals surface area contributed by atoms with Gasteiger partial charge in [0.05, 0.1) is 23.6 Å². The topological polar surface area (TPSA) is 163 Å². The summed E-state index contributed by atoms with van der Waals surface area (Å²) in [5.41, 5.74) is 12.0. The number of phenolic OH excluding ortho intramolecular Hbond substituents is 1. The minimum absolute atomic E-state index is 0.110. The highest BCUT2D eigenvalue weighted by Gasteiger charge is 2.37. The molecule has 2 atom stereocenters. The molecule has 260 valence electrons. The molecule has 12 heteroatoms. The van der Waals surface area contributed by atoms with Crippen LogP contribution in [0, 0.1) is 0 Å². The van der Waals surface area contributed by atoms with Crippen LogP contribution in [0.15, 0.2) is 60.9 Å². The number of para-hydroxylation sites is 2. The first-order chi connectivity index (χ1) is 24.4. The van der Waals surface area contributed by atoms with Crippen LogP contribution in [0.2, 0.25) is 0 Å². The standard InChI is InChI=1S/C38H44N8O4/c39-37-28(20-31(43-44-37)27-4-1-2-7-34(27)47)30-21-29(40-22-41-30)24-14-16-45(17-15-24)25-10-8-23(9-11-25)26-5-3-6-32-36(26)50-19-18-46(32)33-12-13-35(48)42-38(33)49/h1-7,20-25,33,35,47-48H,8-19H2,(H2,39,44)(H,42,49)/t23?,25?,33-,35?/m0/s1. The van der Waals surface area contributed by atoms with Gasteiger partial charge in [0.2, 0.25) is 5.91 Å². The normalized spacial score (nSPS) is 24.7. The van der Waals surface area contributed by atoms with Gasteiger partial charge in [0, 0.05) is 28.8 Å². The smallest absolute Gasteiger partial charge is 0.244 e. The zero-order valence-corrected chi connectivity index (χ0v) is 28.1. The third kappa shape index (κ3) is 6.33. The first-order valence-corrected chi connectivity index (χ1v) is 17.9. The monoisotopic (exact) mass is 676 g/mol. The van der Waals surface area contributed by atoms with Crippen LogP contribution in [-0.4, -0.2) is 85.7 Å². The minimum Gasteiger partial charge on any atom is -0.507 e. The van der Waals surface area contributed by atoms with E-state index in [4.69, 9.17) is 10.5 Å². The van der Waals surface area contributed by atoms with Crippen molar-refractivity contribution in [3.05, 3.63) is 72.2 Å². The molecule has 12 nitrogen and oxygen atoms in total. The van der Waals surface area contributed by atoms with Crippen LogP contribution in [0.25, 0.3) is 22.5 Å². The van der Waals surface area contributed by atoms with Crippen molar-refractivity contribution in [3.8, 4) is 34.0 Å². The molecular formula is C38H44N8O4. The lowest BCUT2D eigenvalue weighted by atomic mass is 9.79. The second-order valence-corrected chi connectivity index (χ2v) is 14.0. The number of carbonyl (C=O) groups excluding carboxylic acids is 1. The number of likely N-dealkylation sites (tertiary alicyclic amines) is 1. The van der Waals surface area contributed by atoms with E-state index in [2.05, 4.69) is 53.5 Å². The third-order valence-electron chi connectivity index (χ3n) is 11.2. The Morgan fingerprint density at radius 1 is 0.820 bits per heavy atom. The van der Waals surface area contributed by atoms with Crippen LogP contribution < -0.4 is 20.7 Å². The van der Waals surface area contributed by atoms with Crippen molar-refractivity contribution < 1.29 is 19.7 Å². The molecule has 1 aliphatic carbocycles. The number of aliphatic hydroxyl groups is 1. The van der Waals surface area contributed by atoms with Crippen LogP contribution in [0.3, 0.4) is 0 Å². The van der Waals surface area contributed by atoms with Gasteiger partial charge in [-0.2, -0.15) is 0 Å². The van der Waals surface area contributed by atoms with E-state index in [0.717, 1.165) is 68.7 Å². The maximum atomic E-state index is 12.8.